The molecule has 0 spiro atoms. The molecule has 0 fully saturated rings. The van der Waals surface area contributed by atoms with Crippen LogP contribution in [0, 0.1) is 5.82 Å². The number of halogens is 1. The van der Waals surface area contributed by atoms with E-state index < -0.39 is 0 Å². The Bertz CT molecular complexity index is 823. The third kappa shape index (κ3) is 3.17. The van der Waals surface area contributed by atoms with Crippen molar-refractivity contribution in [2.75, 3.05) is 19.8 Å². The van der Waals surface area contributed by atoms with Gasteiger partial charge in [-0.1, -0.05) is 12.1 Å². The van der Waals surface area contributed by atoms with E-state index in [1.54, 1.807) is 0 Å². The molecule has 6 heteroatoms. The summed E-state index contributed by atoms with van der Waals surface area (Å²) in [5.74, 6) is 0.695. The van der Waals surface area contributed by atoms with Gasteiger partial charge in [-0.25, -0.2) is 4.39 Å². The van der Waals surface area contributed by atoms with Gasteiger partial charge in [-0.15, -0.1) is 0 Å². The van der Waals surface area contributed by atoms with Crippen molar-refractivity contribution in [3.05, 3.63) is 58.4 Å². The zero-order valence-electron chi connectivity index (χ0n) is 13.7. The van der Waals surface area contributed by atoms with Crippen molar-refractivity contribution in [1.29, 1.82) is 0 Å². The summed E-state index contributed by atoms with van der Waals surface area (Å²) in [6, 6.07) is 8.41. The Balaban J connectivity index is 1.55. The van der Waals surface area contributed by atoms with Gasteiger partial charge in [0, 0.05) is 24.2 Å². The van der Waals surface area contributed by atoms with Gasteiger partial charge in [0.05, 0.1) is 0 Å². The van der Waals surface area contributed by atoms with Crippen molar-refractivity contribution in [2.24, 2.45) is 0 Å². The lowest BCUT2D eigenvalue weighted by molar-refractivity contribution is 0.0948. The molecule has 5 nitrogen and oxygen atoms in total. The molecule has 0 aliphatic carbocycles. The molecule has 2 heterocycles. The van der Waals surface area contributed by atoms with Crippen LogP contribution >= 0.6 is 0 Å². The number of fused-ring (bicyclic) bond motifs is 2. The van der Waals surface area contributed by atoms with Crippen LogP contribution in [0.25, 0.3) is 0 Å². The summed E-state index contributed by atoms with van der Waals surface area (Å²) < 4.78 is 25.1. The van der Waals surface area contributed by atoms with Crippen LogP contribution in [-0.2, 0) is 19.5 Å². The van der Waals surface area contributed by atoms with E-state index in [-0.39, 0.29) is 11.7 Å². The standard InChI is InChI=1S/C19H19FN2O3/c20-14-8-13-10-21-5-4-15(13)16(9-14)19(23)22-11-12-2-1-3-17-18(12)25-7-6-24-17/h1-3,8-9,21H,4-7,10-11H2,(H,22,23). The smallest absolute Gasteiger partial charge is 0.251 e. The number of nitrogens with one attached hydrogen (secondary N) is 2. The van der Waals surface area contributed by atoms with Crippen molar-refractivity contribution in [3.63, 3.8) is 0 Å². The minimum absolute atomic E-state index is 0.271. The fraction of sp³-hybridized carbons (Fsp3) is 0.316. The lowest BCUT2D eigenvalue weighted by atomic mass is 9.94. The topological polar surface area (TPSA) is 59.6 Å². The fourth-order valence-corrected chi connectivity index (χ4v) is 3.33. The first-order valence-corrected chi connectivity index (χ1v) is 8.40. The lowest BCUT2D eigenvalue weighted by Gasteiger charge is -2.22. The Kier molecular flexibility index (Phi) is 4.28. The molecular weight excluding hydrogens is 323 g/mol. The van der Waals surface area contributed by atoms with Crippen LogP contribution in [0.5, 0.6) is 11.5 Å². The van der Waals surface area contributed by atoms with Gasteiger partial charge in [0.2, 0.25) is 0 Å². The Morgan fingerprint density at radius 3 is 3.04 bits per heavy atom. The largest absolute Gasteiger partial charge is 0.486 e. The normalized spacial score (nSPS) is 15.4. The van der Waals surface area contributed by atoms with Gasteiger partial charge >= 0.3 is 0 Å². The van der Waals surface area contributed by atoms with E-state index in [9.17, 15) is 9.18 Å². The third-order valence-electron chi connectivity index (χ3n) is 4.51. The van der Waals surface area contributed by atoms with Gasteiger partial charge < -0.3 is 20.1 Å². The number of para-hydroxylation sites is 1. The molecule has 0 atom stereocenters. The molecular formula is C19H19FN2O3. The van der Waals surface area contributed by atoms with Crippen molar-refractivity contribution in [1.82, 2.24) is 10.6 Å². The molecule has 0 aromatic heterocycles. The van der Waals surface area contributed by atoms with Crippen molar-refractivity contribution >= 4 is 5.91 Å². The number of ether oxygens (including phenoxy) is 2. The number of hydrogen-bond donors (Lipinski definition) is 2. The second-order valence-electron chi connectivity index (χ2n) is 6.14. The van der Waals surface area contributed by atoms with Crippen molar-refractivity contribution in [2.45, 2.75) is 19.5 Å². The molecule has 0 unspecified atom stereocenters. The molecule has 0 saturated carbocycles. The van der Waals surface area contributed by atoms with Gasteiger partial charge in [0.1, 0.15) is 19.0 Å². The second-order valence-corrected chi connectivity index (χ2v) is 6.14. The fourth-order valence-electron chi connectivity index (χ4n) is 3.33. The monoisotopic (exact) mass is 342 g/mol. The quantitative estimate of drug-likeness (QED) is 0.898. The number of amides is 1. The predicted molar refractivity (Wildman–Crippen MR) is 90.4 cm³/mol. The first-order chi connectivity index (χ1) is 12.2. The number of rotatable bonds is 3. The average Bonchev–Trinajstić information content (AvgIpc) is 2.65. The molecule has 4 rings (SSSR count). The third-order valence-corrected chi connectivity index (χ3v) is 4.51. The molecule has 2 aromatic rings. The highest BCUT2D eigenvalue weighted by molar-refractivity contribution is 5.96. The average molecular weight is 342 g/mol. The molecule has 1 amide bonds. The summed E-state index contributed by atoms with van der Waals surface area (Å²) in [5, 5.41) is 6.08. The van der Waals surface area contributed by atoms with Crippen LogP contribution in [0.3, 0.4) is 0 Å². The second kappa shape index (κ2) is 6.72. The van der Waals surface area contributed by atoms with Crippen LogP contribution in [0.2, 0.25) is 0 Å². The summed E-state index contributed by atoms with van der Waals surface area (Å²) >= 11 is 0. The minimum atomic E-state index is -0.388. The summed E-state index contributed by atoms with van der Waals surface area (Å²) in [7, 11) is 0. The maximum atomic E-state index is 13.9. The maximum Gasteiger partial charge on any atom is 0.251 e. The van der Waals surface area contributed by atoms with Crippen LogP contribution in [0.15, 0.2) is 30.3 Å². The molecule has 25 heavy (non-hydrogen) atoms. The van der Waals surface area contributed by atoms with Gasteiger partial charge in [-0.05, 0) is 42.3 Å². The molecule has 0 radical (unpaired) electrons. The van der Waals surface area contributed by atoms with Crippen molar-refractivity contribution < 1.29 is 18.7 Å². The Morgan fingerprint density at radius 1 is 1.24 bits per heavy atom. The molecule has 0 bridgehead atoms. The zero-order valence-corrected chi connectivity index (χ0v) is 13.7. The molecule has 2 aromatic carbocycles. The van der Waals surface area contributed by atoms with Crippen LogP contribution in [0.1, 0.15) is 27.0 Å². The first-order valence-electron chi connectivity index (χ1n) is 8.40. The number of carbonyl (C=O) groups is 1. The minimum Gasteiger partial charge on any atom is -0.486 e. The summed E-state index contributed by atoms with van der Waals surface area (Å²) in [5.41, 5.74) is 3.04. The lowest BCUT2D eigenvalue weighted by Crippen LogP contribution is -2.30. The van der Waals surface area contributed by atoms with Gasteiger partial charge in [0.25, 0.3) is 5.91 Å². The Morgan fingerprint density at radius 2 is 2.12 bits per heavy atom. The highest BCUT2D eigenvalue weighted by atomic mass is 19.1. The van der Waals surface area contributed by atoms with Crippen LogP contribution < -0.4 is 20.1 Å². The van der Waals surface area contributed by atoms with E-state index in [1.165, 1.54) is 12.1 Å². The maximum absolute atomic E-state index is 13.9. The van der Waals surface area contributed by atoms with Gasteiger partial charge in [-0.2, -0.15) is 0 Å². The Labute approximate surface area is 145 Å². The number of carbonyl (C=O) groups excluding carboxylic acids is 1. The highest BCUT2D eigenvalue weighted by Gasteiger charge is 2.20. The zero-order chi connectivity index (χ0) is 17.2. The highest BCUT2D eigenvalue weighted by Crippen LogP contribution is 2.33. The molecule has 2 aliphatic heterocycles. The van der Waals surface area contributed by atoms with E-state index in [0.29, 0.717) is 43.4 Å². The van der Waals surface area contributed by atoms with Gasteiger partial charge in [-0.3, -0.25) is 4.79 Å². The number of hydrogen-bond acceptors (Lipinski definition) is 4. The molecule has 2 N–H and O–H groups in total. The molecule has 2 aliphatic rings. The summed E-state index contributed by atoms with van der Waals surface area (Å²) in [6.07, 6.45) is 0.718. The van der Waals surface area contributed by atoms with Gasteiger partial charge in [0.15, 0.2) is 11.5 Å². The van der Waals surface area contributed by atoms with Crippen LogP contribution in [0.4, 0.5) is 4.39 Å². The summed E-state index contributed by atoms with van der Waals surface area (Å²) in [4.78, 5) is 12.6. The first kappa shape index (κ1) is 15.9. The Hall–Kier alpha value is -2.60. The van der Waals surface area contributed by atoms with Crippen molar-refractivity contribution in [3.8, 4) is 11.5 Å². The predicted octanol–water partition coefficient (Wildman–Crippen LogP) is 2.17. The molecule has 0 saturated heterocycles. The van der Waals surface area contributed by atoms with E-state index in [4.69, 9.17) is 9.47 Å². The number of benzene rings is 2. The van der Waals surface area contributed by atoms with E-state index in [2.05, 4.69) is 10.6 Å². The molecule has 130 valence electrons. The van der Waals surface area contributed by atoms with Crippen LogP contribution in [-0.4, -0.2) is 25.7 Å². The van der Waals surface area contributed by atoms with E-state index >= 15 is 0 Å². The van der Waals surface area contributed by atoms with E-state index in [0.717, 1.165) is 29.7 Å². The SMILES string of the molecule is O=C(NCc1cccc2c1OCCO2)c1cc(F)cc2c1CCNC2. The van der Waals surface area contributed by atoms with E-state index in [1.807, 2.05) is 18.2 Å². The summed E-state index contributed by atoms with van der Waals surface area (Å²) in [6.45, 7) is 2.69.